The maximum atomic E-state index is 13.8. The molecule has 2 aliphatic heterocycles. The van der Waals surface area contributed by atoms with Gasteiger partial charge in [0.05, 0.1) is 6.04 Å². The Morgan fingerprint density at radius 2 is 1.38 bits per heavy atom. The molecule has 2 aromatic rings. The SMILES string of the molecule is N[C@@H](Cc1ccc(O)cc1)C(=O)N1CCC[C@@H]1C(=O)N[C@@H](Cc1ccccc1)C(=O)N1CCC[C@H]1C(=O)NCC(=O)O. The van der Waals surface area contributed by atoms with Crippen LogP contribution in [-0.2, 0) is 36.8 Å². The van der Waals surface area contributed by atoms with Gasteiger partial charge in [-0.25, -0.2) is 0 Å². The number of carboxylic acids is 1. The molecule has 2 heterocycles. The molecule has 2 aromatic carbocycles. The number of hydrogen-bond donors (Lipinski definition) is 5. The molecular formula is C30H37N5O7. The highest BCUT2D eigenvalue weighted by Crippen LogP contribution is 2.22. The second kappa shape index (κ2) is 13.9. The molecule has 2 fully saturated rings. The number of hydrogen-bond acceptors (Lipinski definition) is 7. The van der Waals surface area contributed by atoms with E-state index in [1.165, 1.54) is 21.9 Å². The van der Waals surface area contributed by atoms with Crippen molar-refractivity contribution in [3.63, 3.8) is 0 Å². The van der Waals surface area contributed by atoms with E-state index < -0.39 is 54.4 Å². The highest BCUT2D eigenvalue weighted by molar-refractivity contribution is 5.96. The van der Waals surface area contributed by atoms with Crippen LogP contribution in [0.5, 0.6) is 5.75 Å². The third-order valence-corrected chi connectivity index (χ3v) is 7.70. The second-order valence-corrected chi connectivity index (χ2v) is 10.7. The van der Waals surface area contributed by atoms with Crippen molar-refractivity contribution in [1.82, 2.24) is 20.4 Å². The van der Waals surface area contributed by atoms with E-state index in [1.807, 2.05) is 30.3 Å². The molecule has 4 atom stereocenters. The average Bonchev–Trinajstić information content (AvgIpc) is 3.67. The Morgan fingerprint density at radius 1 is 0.810 bits per heavy atom. The Hall–Kier alpha value is -4.45. The molecule has 0 bridgehead atoms. The number of phenolic OH excluding ortho intramolecular Hbond substituents is 1. The Morgan fingerprint density at radius 3 is 2.00 bits per heavy atom. The number of likely N-dealkylation sites (tertiary alicyclic amines) is 2. The van der Waals surface area contributed by atoms with Crippen LogP contribution in [0.2, 0.25) is 0 Å². The van der Waals surface area contributed by atoms with Crippen molar-refractivity contribution in [3.05, 3.63) is 65.7 Å². The predicted octanol–water partition coefficient (Wildman–Crippen LogP) is 0.172. The number of carbonyl (C=O) groups excluding carboxylic acids is 4. The molecule has 0 aliphatic carbocycles. The molecule has 2 saturated heterocycles. The molecule has 0 aromatic heterocycles. The minimum atomic E-state index is -1.19. The van der Waals surface area contributed by atoms with E-state index in [-0.39, 0.29) is 24.5 Å². The van der Waals surface area contributed by atoms with Crippen LogP contribution in [0.4, 0.5) is 0 Å². The number of rotatable bonds is 11. The zero-order valence-electron chi connectivity index (χ0n) is 23.3. The summed E-state index contributed by atoms with van der Waals surface area (Å²) in [7, 11) is 0. The van der Waals surface area contributed by atoms with Gasteiger partial charge in [-0.15, -0.1) is 0 Å². The minimum Gasteiger partial charge on any atom is -0.508 e. The van der Waals surface area contributed by atoms with Gasteiger partial charge in [0, 0.05) is 19.5 Å². The lowest BCUT2D eigenvalue weighted by molar-refractivity contribution is -0.144. The van der Waals surface area contributed by atoms with Gasteiger partial charge in [0.25, 0.3) is 0 Å². The van der Waals surface area contributed by atoms with E-state index in [9.17, 15) is 29.1 Å². The number of carboxylic acid groups (broad SMARTS) is 1. The summed E-state index contributed by atoms with van der Waals surface area (Å²) in [6, 6.07) is 12.0. The van der Waals surface area contributed by atoms with Crippen molar-refractivity contribution in [3.8, 4) is 5.75 Å². The standard InChI is InChI=1S/C30H37N5O7/c31-22(16-20-10-12-21(36)13-11-20)29(41)34-14-5-9-25(34)28(40)33-23(17-19-6-2-1-3-7-19)30(42)35-15-4-8-24(35)27(39)32-18-26(37)38/h1-3,6-7,10-13,22-25,36H,4-5,8-9,14-18,31H2,(H,32,39)(H,33,40)(H,37,38)/t22-,23-,24-,25+/m0/s1. The van der Waals surface area contributed by atoms with Crippen LogP contribution in [0.1, 0.15) is 36.8 Å². The third-order valence-electron chi connectivity index (χ3n) is 7.70. The lowest BCUT2D eigenvalue weighted by atomic mass is 10.0. The Labute approximate surface area is 243 Å². The zero-order chi connectivity index (χ0) is 30.2. The first-order valence-electron chi connectivity index (χ1n) is 14.1. The molecule has 0 saturated carbocycles. The summed E-state index contributed by atoms with van der Waals surface area (Å²) < 4.78 is 0. The molecule has 12 heteroatoms. The van der Waals surface area contributed by atoms with Crippen LogP contribution in [0.3, 0.4) is 0 Å². The van der Waals surface area contributed by atoms with Crippen LogP contribution in [0.25, 0.3) is 0 Å². The molecule has 42 heavy (non-hydrogen) atoms. The summed E-state index contributed by atoms with van der Waals surface area (Å²) in [5.74, 6) is -2.93. The fraction of sp³-hybridized carbons (Fsp3) is 0.433. The number of phenols is 1. The van der Waals surface area contributed by atoms with Crippen molar-refractivity contribution >= 4 is 29.6 Å². The maximum Gasteiger partial charge on any atom is 0.322 e. The van der Waals surface area contributed by atoms with Crippen molar-refractivity contribution in [2.75, 3.05) is 19.6 Å². The summed E-state index contributed by atoms with van der Waals surface area (Å²) in [4.78, 5) is 67.2. The summed E-state index contributed by atoms with van der Waals surface area (Å²) in [5.41, 5.74) is 7.81. The molecule has 224 valence electrons. The number of benzene rings is 2. The van der Waals surface area contributed by atoms with E-state index in [2.05, 4.69) is 10.6 Å². The van der Waals surface area contributed by atoms with E-state index >= 15 is 0 Å². The van der Waals surface area contributed by atoms with E-state index in [0.717, 1.165) is 11.1 Å². The number of aromatic hydroxyl groups is 1. The van der Waals surface area contributed by atoms with Crippen LogP contribution in [0, 0.1) is 0 Å². The number of nitrogens with two attached hydrogens (primary N) is 1. The number of aliphatic carboxylic acids is 1. The highest BCUT2D eigenvalue weighted by atomic mass is 16.4. The van der Waals surface area contributed by atoms with Gasteiger partial charge in [-0.3, -0.25) is 24.0 Å². The largest absolute Gasteiger partial charge is 0.508 e. The van der Waals surface area contributed by atoms with Crippen molar-refractivity contribution in [2.45, 2.75) is 62.7 Å². The normalized spacial score (nSPS) is 19.6. The molecule has 4 rings (SSSR count). The van der Waals surface area contributed by atoms with Crippen molar-refractivity contribution < 1.29 is 34.2 Å². The summed E-state index contributed by atoms with van der Waals surface area (Å²) in [6.45, 7) is 0.0999. The number of carbonyl (C=O) groups is 5. The van der Waals surface area contributed by atoms with E-state index in [1.54, 1.807) is 12.1 Å². The molecule has 0 unspecified atom stereocenters. The fourth-order valence-corrected chi connectivity index (χ4v) is 5.59. The van der Waals surface area contributed by atoms with Crippen LogP contribution in [-0.4, -0.2) is 93.4 Å². The molecular weight excluding hydrogens is 542 g/mol. The first-order chi connectivity index (χ1) is 20.1. The lowest BCUT2D eigenvalue weighted by Gasteiger charge is -2.31. The van der Waals surface area contributed by atoms with Gasteiger partial charge in [-0.1, -0.05) is 42.5 Å². The number of nitrogens with zero attached hydrogens (tertiary/aromatic N) is 2. The molecule has 4 amide bonds. The first kappa shape index (κ1) is 30.5. The Kier molecular flexibility index (Phi) is 10.1. The molecule has 0 radical (unpaired) electrons. The summed E-state index contributed by atoms with van der Waals surface area (Å²) >= 11 is 0. The van der Waals surface area contributed by atoms with Gasteiger partial charge in [0.2, 0.25) is 23.6 Å². The third kappa shape index (κ3) is 7.64. The molecule has 12 nitrogen and oxygen atoms in total. The van der Waals surface area contributed by atoms with Crippen LogP contribution < -0.4 is 16.4 Å². The van der Waals surface area contributed by atoms with E-state index in [0.29, 0.717) is 38.8 Å². The number of amides is 4. The van der Waals surface area contributed by atoms with Gasteiger partial charge in [-0.2, -0.15) is 0 Å². The predicted molar refractivity (Wildman–Crippen MR) is 152 cm³/mol. The fourth-order valence-electron chi connectivity index (χ4n) is 5.59. The highest BCUT2D eigenvalue weighted by Gasteiger charge is 2.41. The summed E-state index contributed by atoms with van der Waals surface area (Å²) in [6.07, 6.45) is 2.37. The van der Waals surface area contributed by atoms with Gasteiger partial charge in [0.1, 0.15) is 30.4 Å². The van der Waals surface area contributed by atoms with Gasteiger partial charge >= 0.3 is 5.97 Å². The van der Waals surface area contributed by atoms with Crippen molar-refractivity contribution in [2.24, 2.45) is 5.73 Å². The zero-order valence-corrected chi connectivity index (χ0v) is 23.3. The molecule has 2 aliphatic rings. The smallest absolute Gasteiger partial charge is 0.322 e. The maximum absolute atomic E-state index is 13.8. The average molecular weight is 580 g/mol. The van der Waals surface area contributed by atoms with Gasteiger partial charge in [0.15, 0.2) is 0 Å². The topological polar surface area (TPSA) is 182 Å². The Balaban J connectivity index is 1.47. The number of nitrogens with one attached hydrogen (secondary N) is 2. The van der Waals surface area contributed by atoms with Crippen LogP contribution in [0.15, 0.2) is 54.6 Å². The summed E-state index contributed by atoms with van der Waals surface area (Å²) in [5, 5.41) is 23.6. The quantitative estimate of drug-likeness (QED) is 0.250. The monoisotopic (exact) mass is 579 g/mol. The molecule has 0 spiro atoms. The second-order valence-electron chi connectivity index (χ2n) is 10.7. The van der Waals surface area contributed by atoms with Crippen molar-refractivity contribution in [1.29, 1.82) is 0 Å². The molecule has 6 N–H and O–H groups in total. The van der Waals surface area contributed by atoms with Crippen LogP contribution >= 0.6 is 0 Å². The Bertz CT molecular complexity index is 1290. The lowest BCUT2D eigenvalue weighted by Crippen LogP contribution is -2.58. The minimum absolute atomic E-state index is 0.107. The van der Waals surface area contributed by atoms with Gasteiger partial charge < -0.3 is 36.4 Å². The van der Waals surface area contributed by atoms with Gasteiger partial charge in [-0.05, 0) is 55.4 Å². The first-order valence-corrected chi connectivity index (χ1v) is 14.1. The van der Waals surface area contributed by atoms with E-state index in [4.69, 9.17) is 10.8 Å².